The first kappa shape index (κ1) is 14.4. The SMILES string of the molecule is COc1ccccc1OCCC(=O)NCc1cccs1. The quantitative estimate of drug-likeness (QED) is 0.853. The number of rotatable bonds is 7. The van der Waals surface area contributed by atoms with E-state index in [4.69, 9.17) is 9.47 Å². The van der Waals surface area contributed by atoms with Gasteiger partial charge in [0.1, 0.15) is 0 Å². The first-order valence-electron chi connectivity index (χ1n) is 6.34. The van der Waals surface area contributed by atoms with E-state index in [1.807, 2.05) is 41.8 Å². The van der Waals surface area contributed by atoms with Gasteiger partial charge in [-0.3, -0.25) is 4.79 Å². The van der Waals surface area contributed by atoms with Crippen LogP contribution in [0.15, 0.2) is 41.8 Å². The van der Waals surface area contributed by atoms with Gasteiger partial charge in [0.05, 0.1) is 26.7 Å². The van der Waals surface area contributed by atoms with Crippen LogP contribution in [0, 0.1) is 0 Å². The van der Waals surface area contributed by atoms with E-state index >= 15 is 0 Å². The lowest BCUT2D eigenvalue weighted by molar-refractivity contribution is -0.121. The van der Waals surface area contributed by atoms with Crippen molar-refractivity contribution < 1.29 is 14.3 Å². The summed E-state index contributed by atoms with van der Waals surface area (Å²) in [6.45, 7) is 0.905. The molecule has 0 bridgehead atoms. The van der Waals surface area contributed by atoms with Gasteiger partial charge in [-0.2, -0.15) is 0 Å². The minimum absolute atomic E-state index is 0.0201. The molecule has 0 saturated carbocycles. The standard InChI is InChI=1S/C15H17NO3S/c1-18-13-6-2-3-7-14(13)19-9-8-15(17)16-11-12-5-4-10-20-12/h2-7,10H,8-9,11H2,1H3,(H,16,17). The predicted octanol–water partition coefficient (Wildman–Crippen LogP) is 2.84. The molecule has 2 rings (SSSR count). The summed E-state index contributed by atoms with van der Waals surface area (Å²) in [4.78, 5) is 12.8. The summed E-state index contributed by atoms with van der Waals surface area (Å²) >= 11 is 1.63. The van der Waals surface area contributed by atoms with Crippen molar-refractivity contribution >= 4 is 17.2 Å². The van der Waals surface area contributed by atoms with Gasteiger partial charge in [-0.25, -0.2) is 0 Å². The van der Waals surface area contributed by atoms with Gasteiger partial charge in [0, 0.05) is 4.88 Å². The lowest BCUT2D eigenvalue weighted by Gasteiger charge is -2.10. The highest BCUT2D eigenvalue weighted by Gasteiger charge is 2.05. The average molecular weight is 291 g/mol. The molecule has 1 aromatic carbocycles. The number of ether oxygens (including phenoxy) is 2. The fourth-order valence-electron chi connectivity index (χ4n) is 1.68. The van der Waals surface area contributed by atoms with Crippen LogP contribution >= 0.6 is 11.3 Å². The van der Waals surface area contributed by atoms with Gasteiger partial charge in [0.15, 0.2) is 11.5 Å². The number of thiophene rings is 1. The first-order valence-corrected chi connectivity index (χ1v) is 7.22. The summed E-state index contributed by atoms with van der Waals surface area (Å²) in [5, 5.41) is 4.85. The molecule has 0 aliphatic heterocycles. The normalized spacial score (nSPS) is 10.1. The molecule has 0 aliphatic carbocycles. The Morgan fingerprint density at radius 1 is 1.20 bits per heavy atom. The summed E-state index contributed by atoms with van der Waals surface area (Å²) < 4.78 is 10.7. The second-order valence-corrected chi connectivity index (χ2v) is 5.14. The van der Waals surface area contributed by atoms with Crippen molar-refractivity contribution in [1.82, 2.24) is 5.32 Å². The highest BCUT2D eigenvalue weighted by Crippen LogP contribution is 2.25. The zero-order valence-corrected chi connectivity index (χ0v) is 12.1. The topological polar surface area (TPSA) is 47.6 Å². The highest BCUT2D eigenvalue weighted by atomic mass is 32.1. The molecule has 0 spiro atoms. The summed E-state index contributed by atoms with van der Waals surface area (Å²) in [7, 11) is 1.59. The predicted molar refractivity (Wildman–Crippen MR) is 79.3 cm³/mol. The van der Waals surface area contributed by atoms with Crippen molar-refractivity contribution in [1.29, 1.82) is 0 Å². The van der Waals surface area contributed by atoms with Crippen LogP contribution in [-0.4, -0.2) is 19.6 Å². The van der Waals surface area contributed by atoms with Gasteiger partial charge in [0.2, 0.25) is 5.91 Å². The number of para-hydroxylation sites is 2. The number of nitrogens with one attached hydrogen (secondary N) is 1. The van der Waals surface area contributed by atoms with Crippen LogP contribution in [0.5, 0.6) is 11.5 Å². The Bertz CT molecular complexity index is 540. The number of amides is 1. The monoisotopic (exact) mass is 291 g/mol. The van der Waals surface area contributed by atoms with Crippen LogP contribution in [-0.2, 0) is 11.3 Å². The Morgan fingerprint density at radius 3 is 2.70 bits per heavy atom. The Labute approximate surface area is 122 Å². The Balaban J connectivity index is 1.71. The molecule has 106 valence electrons. The maximum Gasteiger partial charge on any atom is 0.223 e. The molecular weight excluding hydrogens is 274 g/mol. The second-order valence-electron chi connectivity index (χ2n) is 4.11. The third-order valence-electron chi connectivity index (χ3n) is 2.70. The lowest BCUT2D eigenvalue weighted by atomic mass is 10.3. The lowest BCUT2D eigenvalue weighted by Crippen LogP contribution is -2.24. The largest absolute Gasteiger partial charge is 0.493 e. The molecule has 0 fully saturated rings. The van der Waals surface area contributed by atoms with Crippen molar-refractivity contribution in [2.24, 2.45) is 0 Å². The molecule has 0 radical (unpaired) electrons. The van der Waals surface area contributed by atoms with E-state index in [9.17, 15) is 4.79 Å². The molecule has 1 N–H and O–H groups in total. The molecule has 0 unspecified atom stereocenters. The fraction of sp³-hybridized carbons (Fsp3) is 0.267. The number of carbonyl (C=O) groups is 1. The minimum atomic E-state index is -0.0201. The molecule has 0 saturated heterocycles. The summed E-state index contributed by atoms with van der Waals surface area (Å²) in [6, 6.07) is 11.4. The maximum absolute atomic E-state index is 11.7. The Morgan fingerprint density at radius 2 is 2.00 bits per heavy atom. The van der Waals surface area contributed by atoms with E-state index in [0.717, 1.165) is 4.88 Å². The van der Waals surface area contributed by atoms with Crippen LogP contribution in [0.25, 0.3) is 0 Å². The third-order valence-corrected chi connectivity index (χ3v) is 3.57. The summed E-state index contributed by atoms with van der Waals surface area (Å²) in [5.74, 6) is 1.31. The maximum atomic E-state index is 11.7. The highest BCUT2D eigenvalue weighted by molar-refractivity contribution is 7.09. The molecule has 20 heavy (non-hydrogen) atoms. The van der Waals surface area contributed by atoms with E-state index in [0.29, 0.717) is 31.1 Å². The van der Waals surface area contributed by atoms with Crippen LogP contribution in [0.1, 0.15) is 11.3 Å². The molecule has 1 aromatic heterocycles. The van der Waals surface area contributed by atoms with Gasteiger partial charge in [-0.1, -0.05) is 18.2 Å². The van der Waals surface area contributed by atoms with Crippen molar-refractivity contribution in [3.63, 3.8) is 0 Å². The van der Waals surface area contributed by atoms with Crippen molar-refractivity contribution in [3.8, 4) is 11.5 Å². The molecular formula is C15H17NO3S. The molecule has 5 heteroatoms. The van der Waals surface area contributed by atoms with Crippen molar-refractivity contribution in [3.05, 3.63) is 46.7 Å². The van der Waals surface area contributed by atoms with Crippen LogP contribution in [0.2, 0.25) is 0 Å². The van der Waals surface area contributed by atoms with Gasteiger partial charge in [-0.05, 0) is 23.6 Å². The van der Waals surface area contributed by atoms with E-state index in [-0.39, 0.29) is 5.91 Å². The van der Waals surface area contributed by atoms with Gasteiger partial charge in [0.25, 0.3) is 0 Å². The van der Waals surface area contributed by atoms with Crippen LogP contribution in [0.4, 0.5) is 0 Å². The average Bonchev–Trinajstić information content (AvgIpc) is 2.99. The zero-order chi connectivity index (χ0) is 14.2. The Hall–Kier alpha value is -2.01. The van der Waals surface area contributed by atoms with E-state index < -0.39 is 0 Å². The number of hydrogen-bond acceptors (Lipinski definition) is 4. The molecule has 0 aliphatic rings. The smallest absolute Gasteiger partial charge is 0.223 e. The van der Waals surface area contributed by atoms with Crippen molar-refractivity contribution in [2.75, 3.05) is 13.7 Å². The number of benzene rings is 1. The minimum Gasteiger partial charge on any atom is -0.493 e. The molecule has 2 aromatic rings. The number of methoxy groups -OCH3 is 1. The van der Waals surface area contributed by atoms with Gasteiger partial charge >= 0.3 is 0 Å². The van der Waals surface area contributed by atoms with E-state index in [2.05, 4.69) is 5.32 Å². The van der Waals surface area contributed by atoms with Crippen LogP contribution < -0.4 is 14.8 Å². The number of carbonyl (C=O) groups excluding carboxylic acids is 1. The van der Waals surface area contributed by atoms with Gasteiger partial charge < -0.3 is 14.8 Å². The Kier molecular flexibility index (Phi) is 5.43. The van der Waals surface area contributed by atoms with Crippen LogP contribution in [0.3, 0.4) is 0 Å². The second kappa shape index (κ2) is 7.55. The fourth-order valence-corrected chi connectivity index (χ4v) is 2.32. The summed E-state index contributed by atoms with van der Waals surface area (Å²) in [6.07, 6.45) is 0.323. The van der Waals surface area contributed by atoms with E-state index in [1.165, 1.54) is 0 Å². The molecule has 4 nitrogen and oxygen atoms in total. The van der Waals surface area contributed by atoms with E-state index in [1.54, 1.807) is 18.4 Å². The molecule has 0 atom stereocenters. The number of hydrogen-bond donors (Lipinski definition) is 1. The summed E-state index contributed by atoms with van der Waals surface area (Å²) in [5.41, 5.74) is 0. The first-order chi connectivity index (χ1) is 9.79. The molecule has 1 heterocycles. The third kappa shape index (κ3) is 4.28. The molecule has 1 amide bonds. The van der Waals surface area contributed by atoms with Gasteiger partial charge in [-0.15, -0.1) is 11.3 Å². The zero-order valence-electron chi connectivity index (χ0n) is 11.3. The van der Waals surface area contributed by atoms with Crippen molar-refractivity contribution in [2.45, 2.75) is 13.0 Å².